The van der Waals surface area contributed by atoms with Gasteiger partial charge in [-0.2, -0.15) is 13.2 Å². The highest BCUT2D eigenvalue weighted by Gasteiger charge is 2.32. The highest BCUT2D eigenvalue weighted by atomic mass is 19.4. The number of hydrogen-bond acceptors (Lipinski definition) is 4. The SMILES string of the molecule is CCOc1nc2cc(C(F)(F)F)ccc2c(OC)c1C(=O)NCc1cccc(F)c1. The second-order valence-electron chi connectivity index (χ2n) is 6.30. The summed E-state index contributed by atoms with van der Waals surface area (Å²) < 4.78 is 63.3. The summed E-state index contributed by atoms with van der Waals surface area (Å²) in [5.74, 6) is -1.18. The van der Waals surface area contributed by atoms with E-state index in [4.69, 9.17) is 9.47 Å². The van der Waals surface area contributed by atoms with Crippen LogP contribution in [-0.2, 0) is 12.7 Å². The molecule has 9 heteroatoms. The molecule has 0 saturated heterocycles. The molecule has 1 amide bonds. The van der Waals surface area contributed by atoms with Crippen LogP contribution in [0.4, 0.5) is 17.6 Å². The van der Waals surface area contributed by atoms with Crippen LogP contribution in [0, 0.1) is 5.82 Å². The van der Waals surface area contributed by atoms with Crippen LogP contribution in [0.1, 0.15) is 28.4 Å². The third-order valence-electron chi connectivity index (χ3n) is 4.29. The summed E-state index contributed by atoms with van der Waals surface area (Å²) in [5.41, 5.74) is -0.422. The van der Waals surface area contributed by atoms with Gasteiger partial charge in [-0.25, -0.2) is 9.37 Å². The standard InChI is InChI=1S/C21H18F4N2O3/c1-3-30-20-17(19(28)26-11-12-5-4-6-14(22)9-12)18(29-2)15-8-7-13(21(23,24)25)10-16(15)27-20/h4-10H,3,11H2,1-2H3,(H,26,28). The number of carbonyl (C=O) groups is 1. The second-order valence-corrected chi connectivity index (χ2v) is 6.30. The van der Waals surface area contributed by atoms with E-state index in [-0.39, 0.29) is 41.2 Å². The van der Waals surface area contributed by atoms with Crippen molar-refractivity contribution in [2.24, 2.45) is 0 Å². The van der Waals surface area contributed by atoms with Crippen LogP contribution in [0.2, 0.25) is 0 Å². The van der Waals surface area contributed by atoms with Crippen molar-refractivity contribution in [1.82, 2.24) is 10.3 Å². The summed E-state index contributed by atoms with van der Waals surface area (Å²) in [6.45, 7) is 1.81. The van der Waals surface area contributed by atoms with Gasteiger partial charge in [0.2, 0.25) is 5.88 Å². The molecule has 158 valence electrons. The number of alkyl halides is 3. The number of rotatable bonds is 6. The minimum Gasteiger partial charge on any atom is -0.495 e. The molecule has 5 nitrogen and oxygen atoms in total. The number of hydrogen-bond donors (Lipinski definition) is 1. The average Bonchev–Trinajstić information content (AvgIpc) is 2.70. The molecule has 1 aromatic heterocycles. The molecule has 0 aliphatic heterocycles. The van der Waals surface area contributed by atoms with Crippen molar-refractivity contribution in [1.29, 1.82) is 0 Å². The molecule has 0 aliphatic rings. The zero-order chi connectivity index (χ0) is 21.9. The highest BCUT2D eigenvalue weighted by molar-refractivity contribution is 6.05. The predicted molar refractivity (Wildman–Crippen MR) is 102 cm³/mol. The predicted octanol–water partition coefficient (Wildman–Crippen LogP) is 4.73. The quantitative estimate of drug-likeness (QED) is 0.584. The number of aromatic nitrogens is 1. The van der Waals surface area contributed by atoms with E-state index in [9.17, 15) is 22.4 Å². The Labute approximate surface area is 169 Å². The second kappa shape index (κ2) is 8.56. The first-order valence-electron chi connectivity index (χ1n) is 8.99. The van der Waals surface area contributed by atoms with Crippen molar-refractivity contribution in [3.05, 3.63) is 65.0 Å². The minimum atomic E-state index is -4.55. The van der Waals surface area contributed by atoms with Crippen LogP contribution in [0.25, 0.3) is 10.9 Å². The Morgan fingerprint density at radius 1 is 1.17 bits per heavy atom. The minimum absolute atomic E-state index is 0.0215. The number of benzene rings is 2. The molecule has 0 radical (unpaired) electrons. The van der Waals surface area contributed by atoms with E-state index < -0.39 is 23.5 Å². The van der Waals surface area contributed by atoms with Gasteiger partial charge in [0.1, 0.15) is 17.1 Å². The summed E-state index contributed by atoms with van der Waals surface area (Å²) in [4.78, 5) is 17.0. The van der Waals surface area contributed by atoms with Crippen LogP contribution < -0.4 is 14.8 Å². The van der Waals surface area contributed by atoms with Gasteiger partial charge in [-0.1, -0.05) is 12.1 Å². The third-order valence-corrected chi connectivity index (χ3v) is 4.29. The highest BCUT2D eigenvalue weighted by Crippen LogP contribution is 2.38. The molecule has 1 N–H and O–H groups in total. The lowest BCUT2D eigenvalue weighted by molar-refractivity contribution is -0.137. The summed E-state index contributed by atoms with van der Waals surface area (Å²) in [5, 5.41) is 2.86. The van der Waals surface area contributed by atoms with Gasteiger partial charge in [-0.3, -0.25) is 4.79 Å². The zero-order valence-corrected chi connectivity index (χ0v) is 16.1. The summed E-state index contributed by atoms with van der Waals surface area (Å²) in [6.07, 6.45) is -4.55. The molecule has 3 rings (SSSR count). The number of ether oxygens (including phenoxy) is 2. The lowest BCUT2D eigenvalue weighted by Gasteiger charge is -2.17. The van der Waals surface area contributed by atoms with E-state index in [1.807, 2.05) is 0 Å². The van der Waals surface area contributed by atoms with E-state index >= 15 is 0 Å². The molecule has 30 heavy (non-hydrogen) atoms. The van der Waals surface area contributed by atoms with Gasteiger partial charge >= 0.3 is 6.18 Å². The molecule has 0 bridgehead atoms. The van der Waals surface area contributed by atoms with Crippen molar-refractivity contribution in [3.63, 3.8) is 0 Å². The molecular weight excluding hydrogens is 404 g/mol. The molecule has 0 unspecified atom stereocenters. The number of nitrogens with one attached hydrogen (secondary N) is 1. The van der Waals surface area contributed by atoms with E-state index in [0.29, 0.717) is 5.56 Å². The fraction of sp³-hybridized carbons (Fsp3) is 0.238. The van der Waals surface area contributed by atoms with Crippen LogP contribution >= 0.6 is 0 Å². The normalized spacial score (nSPS) is 11.4. The van der Waals surface area contributed by atoms with E-state index in [2.05, 4.69) is 10.3 Å². The van der Waals surface area contributed by atoms with Crippen LogP contribution in [0.3, 0.4) is 0 Å². The number of nitrogens with zero attached hydrogens (tertiary/aromatic N) is 1. The van der Waals surface area contributed by atoms with Gasteiger partial charge in [0.25, 0.3) is 5.91 Å². The van der Waals surface area contributed by atoms with Crippen LogP contribution in [-0.4, -0.2) is 24.6 Å². The smallest absolute Gasteiger partial charge is 0.416 e. The van der Waals surface area contributed by atoms with Gasteiger partial charge in [0.05, 0.1) is 24.8 Å². The Morgan fingerprint density at radius 3 is 2.57 bits per heavy atom. The fourth-order valence-electron chi connectivity index (χ4n) is 2.96. The van der Waals surface area contributed by atoms with Crippen molar-refractivity contribution >= 4 is 16.8 Å². The number of methoxy groups -OCH3 is 1. The van der Waals surface area contributed by atoms with Crippen molar-refractivity contribution in [2.45, 2.75) is 19.6 Å². The van der Waals surface area contributed by atoms with Crippen molar-refractivity contribution in [3.8, 4) is 11.6 Å². The Bertz CT molecular complexity index is 1080. The Balaban J connectivity index is 2.05. The topological polar surface area (TPSA) is 60.5 Å². The fourth-order valence-corrected chi connectivity index (χ4v) is 2.96. The number of carbonyl (C=O) groups excluding carboxylic acids is 1. The lowest BCUT2D eigenvalue weighted by Crippen LogP contribution is -2.24. The lowest BCUT2D eigenvalue weighted by atomic mass is 10.1. The number of fused-ring (bicyclic) bond motifs is 1. The molecule has 0 spiro atoms. The first kappa shape index (κ1) is 21.4. The van der Waals surface area contributed by atoms with Gasteiger partial charge in [-0.05, 0) is 42.8 Å². The van der Waals surface area contributed by atoms with Crippen LogP contribution in [0.15, 0.2) is 42.5 Å². The van der Waals surface area contributed by atoms with Crippen molar-refractivity contribution < 1.29 is 31.8 Å². The molecule has 0 aliphatic carbocycles. The van der Waals surface area contributed by atoms with Gasteiger partial charge in [-0.15, -0.1) is 0 Å². The van der Waals surface area contributed by atoms with E-state index in [0.717, 1.165) is 12.1 Å². The Morgan fingerprint density at radius 2 is 1.93 bits per heavy atom. The average molecular weight is 422 g/mol. The molecular formula is C21H18F4N2O3. The zero-order valence-electron chi connectivity index (χ0n) is 16.1. The molecule has 0 saturated carbocycles. The number of pyridine rings is 1. The molecule has 3 aromatic rings. The van der Waals surface area contributed by atoms with E-state index in [1.54, 1.807) is 13.0 Å². The molecule has 1 heterocycles. The van der Waals surface area contributed by atoms with E-state index in [1.165, 1.54) is 31.4 Å². The Kier molecular flexibility index (Phi) is 6.09. The molecule has 2 aromatic carbocycles. The third kappa shape index (κ3) is 4.45. The maximum absolute atomic E-state index is 13.3. The Hall–Kier alpha value is -3.36. The largest absolute Gasteiger partial charge is 0.495 e. The van der Waals surface area contributed by atoms with Crippen LogP contribution in [0.5, 0.6) is 11.6 Å². The van der Waals surface area contributed by atoms with Gasteiger partial charge in [0, 0.05) is 11.9 Å². The van der Waals surface area contributed by atoms with Crippen molar-refractivity contribution in [2.75, 3.05) is 13.7 Å². The number of amides is 1. The molecule has 0 fully saturated rings. The monoisotopic (exact) mass is 422 g/mol. The van der Waals surface area contributed by atoms with Gasteiger partial charge < -0.3 is 14.8 Å². The first-order chi connectivity index (χ1) is 14.2. The maximum atomic E-state index is 13.3. The first-order valence-corrected chi connectivity index (χ1v) is 8.99. The summed E-state index contributed by atoms with van der Waals surface area (Å²) in [6, 6.07) is 8.67. The van der Waals surface area contributed by atoms with Gasteiger partial charge in [0.15, 0.2) is 0 Å². The maximum Gasteiger partial charge on any atom is 0.416 e. The molecule has 0 atom stereocenters. The summed E-state index contributed by atoms with van der Waals surface area (Å²) >= 11 is 0. The summed E-state index contributed by atoms with van der Waals surface area (Å²) in [7, 11) is 1.30. The number of halogens is 4.